The van der Waals surface area contributed by atoms with Crippen LogP contribution in [0, 0.1) is 0 Å². The van der Waals surface area contributed by atoms with Crippen molar-refractivity contribution in [3.8, 4) is 0 Å². The number of aryl methyl sites for hydroxylation is 1. The summed E-state index contributed by atoms with van der Waals surface area (Å²) in [5, 5.41) is 4.07. The molecule has 0 unspecified atom stereocenters. The number of carbonyl (C=O) groups is 1. The number of pyridine rings is 1. The summed E-state index contributed by atoms with van der Waals surface area (Å²) in [6.07, 6.45) is 3.87. The van der Waals surface area contributed by atoms with E-state index in [0.717, 1.165) is 31.6 Å². The third kappa shape index (κ3) is 2.60. The Hall–Kier alpha value is -2.04. The molecular formula is C16H22N4O. The first-order valence-electron chi connectivity index (χ1n) is 7.63. The van der Waals surface area contributed by atoms with Crippen LogP contribution >= 0.6 is 0 Å². The number of rotatable bonds is 2. The number of hydrogen-bond acceptors (Lipinski definition) is 2. The van der Waals surface area contributed by atoms with Gasteiger partial charge >= 0.3 is 6.03 Å². The number of likely N-dealkylation sites (tertiary alicyclic amines) is 1. The van der Waals surface area contributed by atoms with Crippen molar-refractivity contribution in [1.82, 2.24) is 19.8 Å². The molecule has 112 valence electrons. The highest BCUT2D eigenvalue weighted by atomic mass is 16.2. The summed E-state index contributed by atoms with van der Waals surface area (Å²) in [6, 6.07) is 6.39. The van der Waals surface area contributed by atoms with Crippen molar-refractivity contribution in [2.45, 2.75) is 25.7 Å². The van der Waals surface area contributed by atoms with Crippen LogP contribution in [-0.2, 0) is 7.05 Å². The molecule has 2 amide bonds. The Kier molecular flexibility index (Phi) is 3.82. The quantitative estimate of drug-likeness (QED) is 0.922. The Bertz CT molecular complexity index is 641. The molecule has 1 saturated heterocycles. The number of hydrogen-bond donors (Lipinski definition) is 1. The van der Waals surface area contributed by atoms with E-state index in [1.54, 1.807) is 0 Å². The Labute approximate surface area is 125 Å². The predicted molar refractivity (Wildman–Crippen MR) is 83.3 cm³/mol. The highest BCUT2D eigenvalue weighted by Gasteiger charge is 2.25. The van der Waals surface area contributed by atoms with E-state index in [2.05, 4.69) is 34.0 Å². The fourth-order valence-corrected chi connectivity index (χ4v) is 3.21. The van der Waals surface area contributed by atoms with E-state index in [4.69, 9.17) is 0 Å². The lowest BCUT2D eigenvalue weighted by atomic mass is 9.93. The van der Waals surface area contributed by atoms with Gasteiger partial charge in [-0.3, -0.25) is 0 Å². The van der Waals surface area contributed by atoms with Gasteiger partial charge in [-0.1, -0.05) is 0 Å². The molecule has 3 heterocycles. The fourth-order valence-electron chi connectivity index (χ4n) is 3.21. The molecule has 0 saturated carbocycles. The summed E-state index contributed by atoms with van der Waals surface area (Å²) in [4.78, 5) is 18.2. The molecule has 1 fully saturated rings. The predicted octanol–water partition coefficient (Wildman–Crippen LogP) is 2.48. The van der Waals surface area contributed by atoms with E-state index in [9.17, 15) is 4.79 Å². The second-order valence-corrected chi connectivity index (χ2v) is 5.64. The van der Waals surface area contributed by atoms with Crippen LogP contribution in [0.2, 0.25) is 0 Å². The Morgan fingerprint density at radius 2 is 2.19 bits per heavy atom. The normalized spacial score (nSPS) is 16.4. The molecule has 0 spiro atoms. The van der Waals surface area contributed by atoms with E-state index in [1.807, 2.05) is 24.1 Å². The fraction of sp³-hybridized carbons (Fsp3) is 0.500. The van der Waals surface area contributed by atoms with Crippen molar-refractivity contribution in [2.24, 2.45) is 7.05 Å². The highest BCUT2D eigenvalue weighted by molar-refractivity contribution is 5.77. The average Bonchev–Trinajstić information content (AvgIpc) is 2.85. The molecule has 0 aliphatic carbocycles. The molecule has 2 aromatic heterocycles. The number of aromatic nitrogens is 2. The zero-order valence-corrected chi connectivity index (χ0v) is 12.7. The smallest absolute Gasteiger partial charge is 0.317 e. The van der Waals surface area contributed by atoms with Gasteiger partial charge in [0.1, 0.15) is 5.65 Å². The standard InChI is InChI=1S/C16H22N4O/c1-3-17-16(21)20-9-6-12(7-10-20)14-11-13-5-4-8-18-15(13)19(14)2/h4-5,8,11-12H,3,6-7,9-10H2,1-2H3,(H,17,21). The molecule has 1 aliphatic heterocycles. The monoisotopic (exact) mass is 286 g/mol. The lowest BCUT2D eigenvalue weighted by Gasteiger charge is -2.32. The number of fused-ring (bicyclic) bond motifs is 1. The van der Waals surface area contributed by atoms with Crippen molar-refractivity contribution in [2.75, 3.05) is 19.6 Å². The number of amides is 2. The van der Waals surface area contributed by atoms with Gasteiger partial charge in [0.2, 0.25) is 0 Å². The minimum absolute atomic E-state index is 0.0645. The van der Waals surface area contributed by atoms with E-state index in [1.165, 1.54) is 11.1 Å². The van der Waals surface area contributed by atoms with Gasteiger partial charge in [0.25, 0.3) is 0 Å². The first kappa shape index (κ1) is 13.9. The van der Waals surface area contributed by atoms with Crippen LogP contribution in [0.25, 0.3) is 11.0 Å². The molecule has 1 N–H and O–H groups in total. The van der Waals surface area contributed by atoms with Gasteiger partial charge in [0, 0.05) is 49.9 Å². The molecule has 0 radical (unpaired) electrons. The van der Waals surface area contributed by atoms with Crippen molar-refractivity contribution in [3.63, 3.8) is 0 Å². The molecule has 3 rings (SSSR count). The van der Waals surface area contributed by atoms with Crippen LogP contribution in [0.1, 0.15) is 31.4 Å². The van der Waals surface area contributed by atoms with Crippen LogP contribution in [-0.4, -0.2) is 40.1 Å². The molecule has 5 nitrogen and oxygen atoms in total. The zero-order valence-electron chi connectivity index (χ0n) is 12.7. The molecule has 21 heavy (non-hydrogen) atoms. The van der Waals surface area contributed by atoms with Crippen LogP contribution in [0.5, 0.6) is 0 Å². The van der Waals surface area contributed by atoms with E-state index >= 15 is 0 Å². The van der Waals surface area contributed by atoms with Crippen LogP contribution in [0.15, 0.2) is 24.4 Å². The van der Waals surface area contributed by atoms with Crippen molar-refractivity contribution >= 4 is 17.1 Å². The van der Waals surface area contributed by atoms with Gasteiger partial charge in [-0.2, -0.15) is 0 Å². The lowest BCUT2D eigenvalue weighted by molar-refractivity contribution is 0.181. The third-order valence-electron chi connectivity index (χ3n) is 4.35. The summed E-state index contributed by atoms with van der Waals surface area (Å²) in [7, 11) is 2.08. The van der Waals surface area contributed by atoms with Gasteiger partial charge in [0.05, 0.1) is 0 Å². The average molecular weight is 286 g/mol. The Morgan fingerprint density at radius 1 is 1.43 bits per heavy atom. The summed E-state index contributed by atoms with van der Waals surface area (Å²) >= 11 is 0. The maximum absolute atomic E-state index is 11.8. The number of urea groups is 1. The highest BCUT2D eigenvalue weighted by Crippen LogP contribution is 2.31. The molecule has 2 aromatic rings. The molecule has 0 bridgehead atoms. The second kappa shape index (κ2) is 5.76. The van der Waals surface area contributed by atoms with Crippen LogP contribution in [0.3, 0.4) is 0 Å². The lowest BCUT2D eigenvalue weighted by Crippen LogP contribution is -2.44. The van der Waals surface area contributed by atoms with Gasteiger partial charge in [-0.05, 0) is 38.0 Å². The maximum Gasteiger partial charge on any atom is 0.317 e. The van der Waals surface area contributed by atoms with Crippen molar-refractivity contribution in [3.05, 3.63) is 30.1 Å². The number of piperidine rings is 1. The van der Waals surface area contributed by atoms with Gasteiger partial charge in [-0.15, -0.1) is 0 Å². The number of nitrogens with zero attached hydrogens (tertiary/aromatic N) is 3. The number of nitrogens with one attached hydrogen (secondary N) is 1. The summed E-state index contributed by atoms with van der Waals surface area (Å²) in [5.41, 5.74) is 2.37. The first-order valence-corrected chi connectivity index (χ1v) is 7.63. The third-order valence-corrected chi connectivity index (χ3v) is 4.35. The summed E-state index contributed by atoms with van der Waals surface area (Å²) in [6.45, 7) is 4.29. The summed E-state index contributed by atoms with van der Waals surface area (Å²) < 4.78 is 2.20. The second-order valence-electron chi connectivity index (χ2n) is 5.64. The molecule has 5 heteroatoms. The van der Waals surface area contributed by atoms with E-state index in [0.29, 0.717) is 12.5 Å². The molecule has 1 aliphatic rings. The number of carbonyl (C=O) groups excluding carboxylic acids is 1. The van der Waals surface area contributed by atoms with Crippen molar-refractivity contribution < 1.29 is 4.79 Å². The Balaban J connectivity index is 1.74. The molecule has 0 atom stereocenters. The maximum atomic E-state index is 11.8. The van der Waals surface area contributed by atoms with Gasteiger partial charge < -0.3 is 14.8 Å². The van der Waals surface area contributed by atoms with Crippen molar-refractivity contribution in [1.29, 1.82) is 0 Å². The van der Waals surface area contributed by atoms with E-state index < -0.39 is 0 Å². The van der Waals surface area contributed by atoms with Crippen LogP contribution in [0.4, 0.5) is 4.79 Å². The SMILES string of the molecule is CCNC(=O)N1CCC(c2cc3cccnc3n2C)CC1. The Morgan fingerprint density at radius 3 is 2.86 bits per heavy atom. The minimum Gasteiger partial charge on any atom is -0.338 e. The molecular weight excluding hydrogens is 264 g/mol. The first-order chi connectivity index (χ1) is 10.2. The van der Waals surface area contributed by atoms with Crippen LogP contribution < -0.4 is 5.32 Å². The van der Waals surface area contributed by atoms with Gasteiger partial charge in [0.15, 0.2) is 0 Å². The summed E-state index contributed by atoms with van der Waals surface area (Å²) in [5.74, 6) is 0.509. The minimum atomic E-state index is 0.0645. The van der Waals surface area contributed by atoms with Gasteiger partial charge in [-0.25, -0.2) is 9.78 Å². The topological polar surface area (TPSA) is 50.2 Å². The largest absolute Gasteiger partial charge is 0.338 e. The zero-order chi connectivity index (χ0) is 14.8. The van der Waals surface area contributed by atoms with E-state index in [-0.39, 0.29) is 6.03 Å². The molecule has 0 aromatic carbocycles.